The Morgan fingerprint density at radius 2 is 1.58 bits per heavy atom. The van der Waals surface area contributed by atoms with Crippen molar-refractivity contribution in [3.63, 3.8) is 0 Å². The monoisotopic (exact) mass is 345 g/mol. The van der Waals surface area contributed by atoms with Gasteiger partial charge in [0.05, 0.1) is 11.6 Å². The van der Waals surface area contributed by atoms with Crippen molar-refractivity contribution >= 4 is 17.5 Å². The lowest BCUT2D eigenvalue weighted by Crippen LogP contribution is -2.26. The first-order valence-electron chi connectivity index (χ1n) is 8.31. The number of hydrogen-bond donors (Lipinski definition) is 2. The Hall–Kier alpha value is -3.47. The van der Waals surface area contributed by atoms with Gasteiger partial charge in [-0.15, -0.1) is 0 Å². The first-order valence-corrected chi connectivity index (χ1v) is 8.31. The zero-order valence-corrected chi connectivity index (χ0v) is 14.3. The number of nitrogens with one attached hydrogen (secondary N) is 2. The fraction of sp³-hybridized carbons (Fsp3) is 0.0952. The van der Waals surface area contributed by atoms with Gasteiger partial charge in [-0.05, 0) is 48.9 Å². The van der Waals surface area contributed by atoms with E-state index in [9.17, 15) is 9.59 Å². The third-order valence-electron chi connectivity index (χ3n) is 3.98. The molecular weight excluding hydrogens is 326 g/mol. The molecule has 0 aliphatic carbocycles. The molecule has 5 nitrogen and oxygen atoms in total. The summed E-state index contributed by atoms with van der Waals surface area (Å²) in [4.78, 5) is 28.4. The Morgan fingerprint density at radius 3 is 2.23 bits per heavy atom. The van der Waals surface area contributed by atoms with Crippen molar-refractivity contribution in [2.75, 3.05) is 5.32 Å². The van der Waals surface area contributed by atoms with Crippen molar-refractivity contribution in [2.45, 2.75) is 13.0 Å². The minimum atomic E-state index is -0.243. The van der Waals surface area contributed by atoms with Crippen LogP contribution in [0, 0.1) is 0 Å². The van der Waals surface area contributed by atoms with E-state index in [4.69, 9.17) is 0 Å². The molecule has 0 saturated heterocycles. The molecule has 0 saturated carbocycles. The zero-order valence-electron chi connectivity index (χ0n) is 14.3. The van der Waals surface area contributed by atoms with Crippen LogP contribution in [0.1, 0.15) is 39.2 Å². The van der Waals surface area contributed by atoms with Crippen molar-refractivity contribution in [3.8, 4) is 0 Å². The van der Waals surface area contributed by atoms with Gasteiger partial charge in [0.2, 0.25) is 0 Å². The molecule has 1 aromatic heterocycles. The number of hydrogen-bond acceptors (Lipinski definition) is 3. The predicted octanol–water partition coefficient (Wildman–Crippen LogP) is 3.82. The summed E-state index contributed by atoms with van der Waals surface area (Å²) in [7, 11) is 0. The van der Waals surface area contributed by atoms with Crippen molar-refractivity contribution < 1.29 is 9.59 Å². The Morgan fingerprint density at radius 1 is 0.846 bits per heavy atom. The number of anilines is 1. The molecule has 2 amide bonds. The molecule has 26 heavy (non-hydrogen) atoms. The van der Waals surface area contributed by atoms with Crippen LogP contribution < -0.4 is 10.6 Å². The summed E-state index contributed by atoms with van der Waals surface area (Å²) in [6, 6.07) is 19.9. The van der Waals surface area contributed by atoms with Gasteiger partial charge >= 0.3 is 0 Å². The van der Waals surface area contributed by atoms with Crippen LogP contribution in [0.2, 0.25) is 0 Å². The second-order valence-electron chi connectivity index (χ2n) is 5.88. The number of rotatable bonds is 5. The molecule has 0 bridgehead atoms. The molecule has 5 heteroatoms. The van der Waals surface area contributed by atoms with Crippen molar-refractivity contribution in [2.24, 2.45) is 0 Å². The number of nitrogens with zero attached hydrogens (tertiary/aromatic N) is 1. The Bertz CT molecular complexity index is 878. The standard InChI is InChI=1S/C21H19N3O2/c1-15(16-6-3-2-4-7-16)23-20(25)17-9-11-19(12-10-17)24-21(26)18-8-5-13-22-14-18/h2-15H,1H3,(H,23,25)(H,24,26). The molecule has 0 fully saturated rings. The molecule has 0 aliphatic heterocycles. The lowest BCUT2D eigenvalue weighted by atomic mass is 10.1. The second kappa shape index (κ2) is 8.07. The van der Waals surface area contributed by atoms with Crippen molar-refractivity contribution in [1.82, 2.24) is 10.3 Å². The van der Waals surface area contributed by atoms with Gasteiger partial charge in [-0.1, -0.05) is 30.3 Å². The number of carbonyl (C=O) groups is 2. The average Bonchev–Trinajstić information content (AvgIpc) is 2.69. The van der Waals surface area contributed by atoms with E-state index in [0.29, 0.717) is 16.8 Å². The van der Waals surface area contributed by atoms with Gasteiger partial charge in [-0.25, -0.2) is 0 Å². The van der Waals surface area contributed by atoms with E-state index < -0.39 is 0 Å². The summed E-state index contributed by atoms with van der Waals surface area (Å²) in [6.45, 7) is 1.94. The molecule has 130 valence electrons. The van der Waals surface area contributed by atoms with E-state index in [2.05, 4.69) is 15.6 Å². The largest absolute Gasteiger partial charge is 0.346 e. The summed E-state index contributed by atoms with van der Waals surface area (Å²) in [5, 5.41) is 5.74. The van der Waals surface area contributed by atoms with Crippen molar-refractivity contribution in [1.29, 1.82) is 0 Å². The molecule has 0 spiro atoms. The third kappa shape index (κ3) is 4.33. The lowest BCUT2D eigenvalue weighted by Gasteiger charge is -2.14. The van der Waals surface area contributed by atoms with E-state index in [1.54, 1.807) is 42.6 Å². The maximum Gasteiger partial charge on any atom is 0.257 e. The SMILES string of the molecule is CC(NC(=O)c1ccc(NC(=O)c2cccnc2)cc1)c1ccccc1. The Labute approximate surface area is 152 Å². The topological polar surface area (TPSA) is 71.1 Å². The summed E-state index contributed by atoms with van der Waals surface area (Å²) in [5.74, 6) is -0.403. The van der Waals surface area contributed by atoms with E-state index >= 15 is 0 Å². The van der Waals surface area contributed by atoms with Gasteiger partial charge in [0.25, 0.3) is 11.8 Å². The van der Waals surface area contributed by atoms with Crippen molar-refractivity contribution in [3.05, 3.63) is 95.8 Å². The van der Waals surface area contributed by atoms with Gasteiger partial charge in [-0.3, -0.25) is 14.6 Å². The molecular formula is C21H19N3O2. The van der Waals surface area contributed by atoms with Crippen LogP contribution in [0.15, 0.2) is 79.1 Å². The molecule has 3 aromatic rings. The smallest absolute Gasteiger partial charge is 0.257 e. The molecule has 0 radical (unpaired) electrons. The minimum absolute atomic E-state index is 0.0892. The van der Waals surface area contributed by atoms with Crippen LogP contribution in [-0.4, -0.2) is 16.8 Å². The molecule has 2 N–H and O–H groups in total. The first-order chi connectivity index (χ1) is 12.6. The Kier molecular flexibility index (Phi) is 5.39. The van der Waals surface area contributed by atoms with Gasteiger partial charge in [0.15, 0.2) is 0 Å². The molecule has 1 unspecified atom stereocenters. The van der Waals surface area contributed by atoms with E-state index in [1.807, 2.05) is 37.3 Å². The number of benzene rings is 2. The molecule has 0 aliphatic rings. The summed E-state index contributed by atoms with van der Waals surface area (Å²) < 4.78 is 0. The number of aromatic nitrogens is 1. The van der Waals surface area contributed by atoms with E-state index in [-0.39, 0.29) is 17.9 Å². The number of pyridine rings is 1. The highest BCUT2D eigenvalue weighted by Crippen LogP contribution is 2.14. The lowest BCUT2D eigenvalue weighted by molar-refractivity contribution is 0.0939. The van der Waals surface area contributed by atoms with E-state index in [0.717, 1.165) is 5.56 Å². The maximum atomic E-state index is 12.4. The van der Waals surface area contributed by atoms with E-state index in [1.165, 1.54) is 6.20 Å². The quantitative estimate of drug-likeness (QED) is 0.738. The van der Waals surface area contributed by atoms with Crippen LogP contribution in [-0.2, 0) is 0 Å². The van der Waals surface area contributed by atoms with Crippen LogP contribution in [0.3, 0.4) is 0 Å². The van der Waals surface area contributed by atoms with Gasteiger partial charge in [0, 0.05) is 23.6 Å². The summed E-state index contributed by atoms with van der Waals surface area (Å²) in [6.07, 6.45) is 3.11. The van der Waals surface area contributed by atoms with Gasteiger partial charge in [0.1, 0.15) is 0 Å². The first kappa shape index (κ1) is 17.4. The average molecular weight is 345 g/mol. The summed E-state index contributed by atoms with van der Waals surface area (Å²) in [5.41, 5.74) is 2.67. The van der Waals surface area contributed by atoms with Crippen LogP contribution in [0.5, 0.6) is 0 Å². The fourth-order valence-electron chi connectivity index (χ4n) is 2.51. The molecule has 3 rings (SSSR count). The van der Waals surface area contributed by atoms with Gasteiger partial charge in [-0.2, -0.15) is 0 Å². The highest BCUT2D eigenvalue weighted by Gasteiger charge is 2.12. The highest BCUT2D eigenvalue weighted by molar-refractivity contribution is 6.04. The molecule has 1 heterocycles. The molecule has 2 aromatic carbocycles. The highest BCUT2D eigenvalue weighted by atomic mass is 16.2. The normalized spacial score (nSPS) is 11.4. The number of carbonyl (C=O) groups excluding carboxylic acids is 2. The molecule has 1 atom stereocenters. The van der Waals surface area contributed by atoms with Crippen LogP contribution in [0.25, 0.3) is 0 Å². The number of amides is 2. The predicted molar refractivity (Wildman–Crippen MR) is 101 cm³/mol. The maximum absolute atomic E-state index is 12.4. The third-order valence-corrected chi connectivity index (χ3v) is 3.98. The fourth-order valence-corrected chi connectivity index (χ4v) is 2.51. The van der Waals surface area contributed by atoms with Gasteiger partial charge < -0.3 is 10.6 Å². The van der Waals surface area contributed by atoms with Crippen LogP contribution >= 0.6 is 0 Å². The summed E-state index contributed by atoms with van der Waals surface area (Å²) >= 11 is 0. The second-order valence-corrected chi connectivity index (χ2v) is 5.88. The minimum Gasteiger partial charge on any atom is -0.346 e. The Balaban J connectivity index is 1.62. The van der Waals surface area contributed by atoms with Crippen LogP contribution in [0.4, 0.5) is 5.69 Å². The zero-order chi connectivity index (χ0) is 18.4.